The van der Waals surface area contributed by atoms with Gasteiger partial charge in [-0.1, -0.05) is 23.7 Å². The third-order valence-electron chi connectivity index (χ3n) is 4.66. The summed E-state index contributed by atoms with van der Waals surface area (Å²) < 4.78 is 0. The molecule has 1 aliphatic heterocycles. The Morgan fingerprint density at radius 1 is 1.10 bits per heavy atom. The number of anilines is 3. The summed E-state index contributed by atoms with van der Waals surface area (Å²) in [7, 11) is 0. The summed E-state index contributed by atoms with van der Waals surface area (Å²) in [6.07, 6.45) is 1.72. The van der Waals surface area contributed by atoms with Gasteiger partial charge in [-0.25, -0.2) is 9.78 Å². The quantitative estimate of drug-likeness (QED) is 0.571. The van der Waals surface area contributed by atoms with Crippen LogP contribution in [0.15, 0.2) is 65.8 Å². The van der Waals surface area contributed by atoms with Crippen LogP contribution in [0.3, 0.4) is 0 Å². The number of aromatic nitrogens is 1. The summed E-state index contributed by atoms with van der Waals surface area (Å²) >= 11 is 7.66. The number of fused-ring (bicyclic) bond motifs is 1. The molecule has 0 unspecified atom stereocenters. The van der Waals surface area contributed by atoms with Crippen molar-refractivity contribution in [3.63, 3.8) is 0 Å². The topological polar surface area (TPSA) is 74.3 Å². The molecule has 3 amide bonds. The van der Waals surface area contributed by atoms with E-state index in [4.69, 9.17) is 11.6 Å². The number of aryl methyl sites for hydroxylation is 1. The SMILES string of the molecule is Cc1ccc(Cl)cc1NC(=O)c1cccc(NC(=O)N2CCSc3ncccc32)c1. The van der Waals surface area contributed by atoms with Gasteiger partial charge in [0, 0.05) is 40.5 Å². The Morgan fingerprint density at radius 2 is 1.97 bits per heavy atom. The van der Waals surface area contributed by atoms with Gasteiger partial charge in [-0.05, 0) is 55.0 Å². The molecule has 0 spiro atoms. The minimum Gasteiger partial charge on any atom is -0.322 e. The predicted molar refractivity (Wildman–Crippen MR) is 122 cm³/mol. The van der Waals surface area contributed by atoms with E-state index >= 15 is 0 Å². The Hall–Kier alpha value is -3.03. The fourth-order valence-corrected chi connectivity index (χ4v) is 4.22. The Labute approximate surface area is 183 Å². The minimum atomic E-state index is -0.277. The molecule has 0 saturated carbocycles. The fourth-order valence-electron chi connectivity index (χ4n) is 3.12. The average Bonchev–Trinajstić information content (AvgIpc) is 2.76. The number of amides is 3. The molecule has 0 fully saturated rings. The van der Waals surface area contributed by atoms with E-state index in [0.29, 0.717) is 28.5 Å². The molecule has 8 heteroatoms. The Bertz CT molecular complexity index is 1120. The number of hydrogen-bond acceptors (Lipinski definition) is 4. The molecule has 1 aromatic heterocycles. The van der Waals surface area contributed by atoms with Gasteiger partial charge in [0.15, 0.2) is 0 Å². The second-order valence-electron chi connectivity index (χ2n) is 6.75. The predicted octanol–water partition coefficient (Wildman–Crippen LogP) is 5.44. The van der Waals surface area contributed by atoms with E-state index < -0.39 is 0 Å². The molecule has 2 N–H and O–H groups in total. The summed E-state index contributed by atoms with van der Waals surface area (Å²) in [5.41, 5.74) is 3.32. The van der Waals surface area contributed by atoms with Gasteiger partial charge in [-0.15, -0.1) is 11.8 Å². The van der Waals surface area contributed by atoms with Crippen LogP contribution in [-0.4, -0.2) is 29.2 Å². The number of nitrogens with one attached hydrogen (secondary N) is 2. The van der Waals surface area contributed by atoms with Crippen LogP contribution in [0, 0.1) is 6.92 Å². The first-order valence-electron chi connectivity index (χ1n) is 9.35. The molecule has 3 aromatic rings. The van der Waals surface area contributed by atoms with Crippen LogP contribution in [0.25, 0.3) is 0 Å². The van der Waals surface area contributed by atoms with E-state index in [0.717, 1.165) is 22.0 Å². The molecule has 6 nitrogen and oxygen atoms in total. The molecule has 30 heavy (non-hydrogen) atoms. The number of urea groups is 1. The second-order valence-corrected chi connectivity index (χ2v) is 8.27. The molecule has 0 aliphatic carbocycles. The van der Waals surface area contributed by atoms with Crippen LogP contribution in [0.1, 0.15) is 15.9 Å². The van der Waals surface area contributed by atoms with E-state index in [2.05, 4.69) is 15.6 Å². The highest BCUT2D eigenvalue weighted by atomic mass is 35.5. The lowest BCUT2D eigenvalue weighted by Gasteiger charge is -2.28. The van der Waals surface area contributed by atoms with Crippen molar-refractivity contribution in [1.29, 1.82) is 0 Å². The Kier molecular flexibility index (Phi) is 5.92. The first kappa shape index (κ1) is 20.3. The van der Waals surface area contributed by atoms with Gasteiger partial charge in [-0.2, -0.15) is 0 Å². The standard InChI is InChI=1S/C22H19ClN4O2S/c1-14-7-8-16(23)13-18(14)26-20(28)15-4-2-5-17(12-15)25-22(29)27-10-11-30-21-19(27)6-3-9-24-21/h2-9,12-13H,10-11H2,1H3,(H,25,29)(H,26,28). The van der Waals surface area contributed by atoms with Crippen molar-refractivity contribution in [2.75, 3.05) is 27.8 Å². The smallest absolute Gasteiger partial charge is 0.322 e. The van der Waals surface area contributed by atoms with Gasteiger partial charge >= 0.3 is 6.03 Å². The highest BCUT2D eigenvalue weighted by Gasteiger charge is 2.23. The highest BCUT2D eigenvalue weighted by Crippen LogP contribution is 2.32. The first-order chi connectivity index (χ1) is 14.5. The molecular weight excluding hydrogens is 420 g/mol. The minimum absolute atomic E-state index is 0.257. The maximum absolute atomic E-state index is 12.8. The lowest BCUT2D eigenvalue weighted by molar-refractivity contribution is 0.102. The zero-order chi connectivity index (χ0) is 21.1. The molecule has 2 heterocycles. The van der Waals surface area contributed by atoms with Crippen LogP contribution in [-0.2, 0) is 0 Å². The number of rotatable bonds is 3. The summed E-state index contributed by atoms with van der Waals surface area (Å²) in [5.74, 6) is 0.499. The number of pyridine rings is 1. The van der Waals surface area contributed by atoms with Crippen LogP contribution in [0.5, 0.6) is 0 Å². The van der Waals surface area contributed by atoms with Crippen LogP contribution < -0.4 is 15.5 Å². The van der Waals surface area contributed by atoms with Crippen molar-refractivity contribution in [2.24, 2.45) is 0 Å². The summed E-state index contributed by atoms with van der Waals surface area (Å²) in [6, 6.07) is 15.6. The molecule has 0 radical (unpaired) electrons. The third-order valence-corrected chi connectivity index (χ3v) is 5.87. The van der Waals surface area contributed by atoms with E-state index in [1.807, 2.05) is 25.1 Å². The van der Waals surface area contributed by atoms with Crippen molar-refractivity contribution in [2.45, 2.75) is 11.9 Å². The third kappa shape index (κ3) is 4.42. The lowest BCUT2D eigenvalue weighted by atomic mass is 10.1. The number of carbonyl (C=O) groups excluding carboxylic acids is 2. The largest absolute Gasteiger partial charge is 0.326 e. The van der Waals surface area contributed by atoms with Crippen molar-refractivity contribution >= 4 is 52.4 Å². The normalized spacial score (nSPS) is 12.8. The lowest BCUT2D eigenvalue weighted by Crippen LogP contribution is -2.38. The monoisotopic (exact) mass is 438 g/mol. The van der Waals surface area contributed by atoms with Crippen LogP contribution >= 0.6 is 23.4 Å². The van der Waals surface area contributed by atoms with Crippen molar-refractivity contribution in [3.8, 4) is 0 Å². The number of hydrogen-bond donors (Lipinski definition) is 2. The second kappa shape index (κ2) is 8.77. The fraction of sp³-hybridized carbons (Fsp3) is 0.136. The van der Waals surface area contributed by atoms with E-state index in [1.54, 1.807) is 59.3 Å². The molecule has 0 saturated heterocycles. The average molecular weight is 439 g/mol. The van der Waals surface area contributed by atoms with Crippen LogP contribution in [0.4, 0.5) is 21.9 Å². The summed E-state index contributed by atoms with van der Waals surface area (Å²) in [4.78, 5) is 31.5. The Balaban J connectivity index is 1.49. The van der Waals surface area contributed by atoms with Crippen LogP contribution in [0.2, 0.25) is 5.02 Å². The molecule has 0 atom stereocenters. The molecular formula is C22H19ClN4O2S. The maximum atomic E-state index is 12.8. The van der Waals surface area contributed by atoms with Crippen molar-refractivity contribution in [3.05, 3.63) is 76.9 Å². The summed E-state index contributed by atoms with van der Waals surface area (Å²) in [6.45, 7) is 2.48. The van der Waals surface area contributed by atoms with E-state index in [1.165, 1.54) is 0 Å². The van der Waals surface area contributed by atoms with Crippen molar-refractivity contribution in [1.82, 2.24) is 4.98 Å². The number of nitrogens with zero attached hydrogens (tertiary/aromatic N) is 2. The summed E-state index contributed by atoms with van der Waals surface area (Å²) in [5, 5.41) is 7.13. The van der Waals surface area contributed by atoms with Gasteiger partial charge in [0.1, 0.15) is 5.03 Å². The molecule has 4 rings (SSSR count). The van der Waals surface area contributed by atoms with Gasteiger partial charge in [-0.3, -0.25) is 9.69 Å². The van der Waals surface area contributed by atoms with Gasteiger partial charge < -0.3 is 10.6 Å². The maximum Gasteiger partial charge on any atom is 0.326 e. The van der Waals surface area contributed by atoms with E-state index in [-0.39, 0.29) is 11.9 Å². The number of carbonyl (C=O) groups is 2. The van der Waals surface area contributed by atoms with Gasteiger partial charge in [0.2, 0.25) is 0 Å². The number of thioether (sulfide) groups is 1. The first-order valence-corrected chi connectivity index (χ1v) is 10.7. The molecule has 1 aliphatic rings. The van der Waals surface area contributed by atoms with Gasteiger partial charge in [0.05, 0.1) is 5.69 Å². The highest BCUT2D eigenvalue weighted by molar-refractivity contribution is 7.99. The van der Waals surface area contributed by atoms with Crippen molar-refractivity contribution < 1.29 is 9.59 Å². The number of benzene rings is 2. The zero-order valence-corrected chi connectivity index (χ0v) is 17.8. The zero-order valence-electron chi connectivity index (χ0n) is 16.2. The number of halogens is 1. The van der Waals surface area contributed by atoms with Gasteiger partial charge in [0.25, 0.3) is 5.91 Å². The van der Waals surface area contributed by atoms with E-state index in [9.17, 15) is 9.59 Å². The molecule has 152 valence electrons. The Morgan fingerprint density at radius 3 is 2.83 bits per heavy atom. The molecule has 2 aromatic carbocycles. The molecule has 0 bridgehead atoms.